The van der Waals surface area contributed by atoms with Gasteiger partial charge in [-0.2, -0.15) is 0 Å². The number of amides is 1. The molecule has 0 aliphatic carbocycles. The zero-order valence-electron chi connectivity index (χ0n) is 12.1. The van der Waals surface area contributed by atoms with Crippen LogP contribution in [-0.2, 0) is 4.74 Å². The van der Waals surface area contributed by atoms with Crippen LogP contribution in [0.15, 0.2) is 18.2 Å². The molecular weight excluding hydrogens is 240 g/mol. The highest BCUT2D eigenvalue weighted by atomic mass is 16.5. The van der Waals surface area contributed by atoms with E-state index in [0.29, 0.717) is 24.3 Å². The van der Waals surface area contributed by atoms with Crippen molar-refractivity contribution in [2.45, 2.75) is 39.4 Å². The number of ether oxygens (including phenoxy) is 1. The molecule has 4 nitrogen and oxygen atoms in total. The molecule has 1 atom stereocenters. The number of hydrogen-bond acceptors (Lipinski definition) is 3. The van der Waals surface area contributed by atoms with Crippen LogP contribution in [0.4, 0.5) is 5.69 Å². The third-order valence-corrected chi connectivity index (χ3v) is 3.41. The van der Waals surface area contributed by atoms with Crippen LogP contribution in [0.1, 0.15) is 36.7 Å². The molecule has 1 fully saturated rings. The third kappa shape index (κ3) is 2.89. The van der Waals surface area contributed by atoms with Gasteiger partial charge in [0.15, 0.2) is 0 Å². The number of benzene rings is 1. The summed E-state index contributed by atoms with van der Waals surface area (Å²) in [5, 5.41) is 0. The van der Waals surface area contributed by atoms with Gasteiger partial charge in [-0.1, -0.05) is 12.1 Å². The summed E-state index contributed by atoms with van der Waals surface area (Å²) in [6.07, 6.45) is 0.0405. The topological polar surface area (TPSA) is 55.6 Å². The van der Waals surface area contributed by atoms with E-state index in [4.69, 9.17) is 10.5 Å². The number of hydrogen-bond donors (Lipinski definition) is 1. The first-order valence-electron chi connectivity index (χ1n) is 6.62. The Kier molecular flexibility index (Phi) is 3.54. The van der Waals surface area contributed by atoms with E-state index >= 15 is 0 Å². The van der Waals surface area contributed by atoms with Crippen molar-refractivity contribution in [3.05, 3.63) is 29.3 Å². The van der Waals surface area contributed by atoms with Crippen LogP contribution in [0.2, 0.25) is 0 Å². The lowest BCUT2D eigenvalue weighted by Crippen LogP contribution is -2.53. The van der Waals surface area contributed by atoms with E-state index in [1.54, 1.807) is 6.07 Å². The van der Waals surface area contributed by atoms with Crippen LogP contribution in [-0.4, -0.2) is 35.6 Å². The van der Waals surface area contributed by atoms with Gasteiger partial charge in [0.05, 0.1) is 17.3 Å². The highest BCUT2D eigenvalue weighted by Crippen LogP contribution is 2.24. The third-order valence-electron chi connectivity index (χ3n) is 3.41. The first kappa shape index (κ1) is 13.9. The number of nitrogens with two attached hydrogens (primary N) is 1. The maximum absolute atomic E-state index is 12.6. The number of rotatable bonds is 1. The van der Waals surface area contributed by atoms with Crippen LogP contribution in [0, 0.1) is 6.92 Å². The molecule has 0 saturated carbocycles. The Labute approximate surface area is 114 Å². The summed E-state index contributed by atoms with van der Waals surface area (Å²) in [6.45, 7) is 9.10. The van der Waals surface area contributed by atoms with Gasteiger partial charge >= 0.3 is 0 Å². The second-order valence-corrected chi connectivity index (χ2v) is 5.91. The summed E-state index contributed by atoms with van der Waals surface area (Å²) < 4.78 is 5.82. The van der Waals surface area contributed by atoms with E-state index in [1.165, 1.54) is 0 Å². The second-order valence-electron chi connectivity index (χ2n) is 5.91. The number of carbonyl (C=O) groups excluding carboxylic acids is 1. The first-order valence-corrected chi connectivity index (χ1v) is 6.62. The predicted molar refractivity (Wildman–Crippen MR) is 76.1 cm³/mol. The molecule has 0 aromatic heterocycles. The van der Waals surface area contributed by atoms with E-state index in [0.717, 1.165) is 5.56 Å². The van der Waals surface area contributed by atoms with Crippen molar-refractivity contribution in [3.8, 4) is 0 Å². The van der Waals surface area contributed by atoms with Crippen LogP contribution in [0.5, 0.6) is 0 Å². The normalized spacial score (nSPS) is 22.3. The van der Waals surface area contributed by atoms with Gasteiger partial charge in [0.2, 0.25) is 0 Å². The van der Waals surface area contributed by atoms with Gasteiger partial charge in [-0.05, 0) is 39.3 Å². The molecule has 0 radical (unpaired) electrons. The number of aryl methyl sites for hydroxylation is 1. The molecule has 2 rings (SSSR count). The number of carbonyl (C=O) groups is 1. The van der Waals surface area contributed by atoms with Crippen molar-refractivity contribution in [2.75, 3.05) is 18.8 Å². The lowest BCUT2D eigenvalue weighted by molar-refractivity contribution is -0.118. The van der Waals surface area contributed by atoms with Crippen LogP contribution < -0.4 is 5.73 Å². The second kappa shape index (κ2) is 4.85. The van der Waals surface area contributed by atoms with Crippen molar-refractivity contribution >= 4 is 11.6 Å². The van der Waals surface area contributed by atoms with Crippen LogP contribution in [0.25, 0.3) is 0 Å². The molecule has 1 aliphatic heterocycles. The number of nitrogen functional groups attached to an aromatic ring is 1. The van der Waals surface area contributed by atoms with Crippen LogP contribution >= 0.6 is 0 Å². The Hall–Kier alpha value is -1.55. The molecule has 0 spiro atoms. The predicted octanol–water partition coefficient (Wildman–Crippen LogP) is 2.22. The largest absolute Gasteiger partial charge is 0.398 e. The van der Waals surface area contributed by atoms with E-state index in [9.17, 15) is 4.79 Å². The minimum atomic E-state index is -0.314. The van der Waals surface area contributed by atoms with Gasteiger partial charge in [0.25, 0.3) is 5.91 Å². The van der Waals surface area contributed by atoms with E-state index < -0.39 is 0 Å². The minimum absolute atomic E-state index is 0.00979. The summed E-state index contributed by atoms with van der Waals surface area (Å²) in [6, 6.07) is 5.57. The maximum atomic E-state index is 12.6. The Bertz CT molecular complexity index is 497. The highest BCUT2D eigenvalue weighted by Gasteiger charge is 2.34. The molecule has 4 heteroatoms. The molecule has 1 aromatic rings. The molecule has 1 unspecified atom stereocenters. The van der Waals surface area contributed by atoms with Crippen molar-refractivity contribution in [1.29, 1.82) is 0 Å². The van der Waals surface area contributed by atoms with Crippen molar-refractivity contribution < 1.29 is 9.53 Å². The summed E-state index contributed by atoms with van der Waals surface area (Å²) in [4.78, 5) is 14.4. The molecule has 0 bridgehead atoms. The smallest absolute Gasteiger partial charge is 0.256 e. The van der Waals surface area contributed by atoms with Gasteiger partial charge in [-0.3, -0.25) is 4.79 Å². The molecule has 1 amide bonds. The Balaban J connectivity index is 2.26. The monoisotopic (exact) mass is 262 g/mol. The fourth-order valence-corrected chi connectivity index (χ4v) is 2.65. The van der Waals surface area contributed by atoms with Crippen LogP contribution in [0.3, 0.4) is 0 Å². The molecule has 1 aliphatic rings. The number of nitrogens with zero attached hydrogens (tertiary/aromatic N) is 1. The van der Waals surface area contributed by atoms with Gasteiger partial charge in [0, 0.05) is 18.8 Å². The molecular formula is C15H22N2O2. The minimum Gasteiger partial charge on any atom is -0.398 e. The Morgan fingerprint density at radius 2 is 2.16 bits per heavy atom. The van der Waals surface area contributed by atoms with E-state index in [1.807, 2.05) is 44.7 Å². The number of para-hydroxylation sites is 1. The molecule has 1 aromatic carbocycles. The average Bonchev–Trinajstić information content (AvgIpc) is 2.29. The maximum Gasteiger partial charge on any atom is 0.256 e. The van der Waals surface area contributed by atoms with Gasteiger partial charge in [-0.25, -0.2) is 0 Å². The lowest BCUT2D eigenvalue weighted by Gasteiger charge is -2.41. The highest BCUT2D eigenvalue weighted by molar-refractivity contribution is 5.99. The fourth-order valence-electron chi connectivity index (χ4n) is 2.65. The molecule has 19 heavy (non-hydrogen) atoms. The van der Waals surface area contributed by atoms with E-state index in [-0.39, 0.29) is 17.6 Å². The quantitative estimate of drug-likeness (QED) is 0.789. The van der Waals surface area contributed by atoms with Crippen molar-refractivity contribution in [1.82, 2.24) is 4.90 Å². The SMILES string of the molecule is Cc1cccc(C(=O)N2CC(C)OC(C)(C)C2)c1N. The van der Waals surface area contributed by atoms with E-state index in [2.05, 4.69) is 0 Å². The summed E-state index contributed by atoms with van der Waals surface area (Å²) >= 11 is 0. The summed E-state index contributed by atoms with van der Waals surface area (Å²) in [5.41, 5.74) is 7.80. The number of morpholine rings is 1. The summed E-state index contributed by atoms with van der Waals surface area (Å²) in [7, 11) is 0. The first-order chi connectivity index (χ1) is 8.80. The molecule has 1 saturated heterocycles. The number of anilines is 1. The lowest BCUT2D eigenvalue weighted by atomic mass is 10.0. The van der Waals surface area contributed by atoms with Gasteiger partial charge < -0.3 is 15.4 Å². The van der Waals surface area contributed by atoms with Gasteiger partial charge in [-0.15, -0.1) is 0 Å². The zero-order valence-corrected chi connectivity index (χ0v) is 12.1. The fraction of sp³-hybridized carbons (Fsp3) is 0.533. The zero-order chi connectivity index (χ0) is 14.2. The van der Waals surface area contributed by atoms with Gasteiger partial charge in [0.1, 0.15) is 0 Å². The average molecular weight is 262 g/mol. The summed E-state index contributed by atoms with van der Waals surface area (Å²) in [5.74, 6) is -0.00979. The molecule has 1 heterocycles. The Morgan fingerprint density at radius 1 is 1.47 bits per heavy atom. The van der Waals surface area contributed by atoms with Crippen molar-refractivity contribution in [2.24, 2.45) is 0 Å². The molecule has 104 valence electrons. The Morgan fingerprint density at radius 3 is 2.79 bits per heavy atom. The standard InChI is InChI=1S/C15H22N2O2/c1-10-6-5-7-12(13(10)16)14(18)17-8-11(2)19-15(3,4)9-17/h5-7,11H,8-9,16H2,1-4H3. The molecule has 2 N–H and O–H groups in total. The van der Waals surface area contributed by atoms with Crippen molar-refractivity contribution in [3.63, 3.8) is 0 Å².